The van der Waals surface area contributed by atoms with E-state index in [0.717, 1.165) is 22.7 Å². The van der Waals surface area contributed by atoms with E-state index >= 15 is 0 Å². The zero-order chi connectivity index (χ0) is 12.4. The molecule has 3 aromatic heterocycles. The Morgan fingerprint density at radius 2 is 2.00 bits per heavy atom. The van der Waals surface area contributed by atoms with Crippen LogP contribution in [0.25, 0.3) is 11.2 Å². The first-order chi connectivity index (χ1) is 8.83. The monoisotopic (exact) mass is 241 g/mol. The lowest BCUT2D eigenvalue weighted by atomic mass is 10.3. The van der Waals surface area contributed by atoms with Crippen molar-refractivity contribution in [2.24, 2.45) is 0 Å². The average Bonchev–Trinajstić information content (AvgIpc) is 2.78. The number of hydrogen-bond acceptors (Lipinski definition) is 6. The van der Waals surface area contributed by atoms with E-state index in [9.17, 15) is 0 Å². The van der Waals surface area contributed by atoms with E-state index in [1.54, 1.807) is 12.4 Å². The summed E-state index contributed by atoms with van der Waals surface area (Å²) in [5, 5.41) is 3.21. The van der Waals surface area contributed by atoms with E-state index in [4.69, 9.17) is 0 Å². The minimum atomic E-state index is 0.602. The summed E-state index contributed by atoms with van der Waals surface area (Å²) in [5.74, 6) is 1.54. The standard InChI is InChI=1S/C11H11N7/c1-7-17-9-10(15-6-16-11(9)18-7)14-4-8-2-12-5-13-3-8/h2-3,5-6H,4H2,1H3,(H2,14,15,16,17,18). The lowest BCUT2D eigenvalue weighted by Crippen LogP contribution is -2.03. The maximum Gasteiger partial charge on any atom is 0.183 e. The van der Waals surface area contributed by atoms with Crippen LogP contribution in [0.5, 0.6) is 0 Å². The second kappa shape index (κ2) is 4.36. The number of aromatic nitrogens is 6. The molecule has 0 radical (unpaired) electrons. The van der Waals surface area contributed by atoms with Crippen LogP contribution in [-0.4, -0.2) is 29.9 Å². The van der Waals surface area contributed by atoms with Gasteiger partial charge in [0.1, 0.15) is 24.0 Å². The molecule has 2 N–H and O–H groups in total. The molecule has 0 bridgehead atoms. The number of anilines is 1. The minimum absolute atomic E-state index is 0.602. The van der Waals surface area contributed by atoms with Crippen molar-refractivity contribution in [3.63, 3.8) is 0 Å². The number of nitrogens with one attached hydrogen (secondary N) is 2. The molecule has 3 rings (SSSR count). The highest BCUT2D eigenvalue weighted by molar-refractivity contribution is 5.82. The lowest BCUT2D eigenvalue weighted by molar-refractivity contribution is 1.04. The molecule has 0 saturated carbocycles. The molecular weight excluding hydrogens is 230 g/mol. The normalized spacial score (nSPS) is 10.7. The van der Waals surface area contributed by atoms with Gasteiger partial charge < -0.3 is 10.3 Å². The molecule has 0 aromatic carbocycles. The molecule has 0 fully saturated rings. The van der Waals surface area contributed by atoms with Crippen LogP contribution in [0.2, 0.25) is 0 Å². The second-order valence-corrected chi connectivity index (χ2v) is 3.84. The van der Waals surface area contributed by atoms with E-state index in [-0.39, 0.29) is 0 Å². The van der Waals surface area contributed by atoms with E-state index in [0.29, 0.717) is 12.2 Å². The van der Waals surface area contributed by atoms with Gasteiger partial charge in [0.05, 0.1) is 0 Å². The summed E-state index contributed by atoms with van der Waals surface area (Å²) >= 11 is 0. The number of nitrogens with zero attached hydrogens (tertiary/aromatic N) is 5. The predicted molar refractivity (Wildman–Crippen MR) is 65.8 cm³/mol. The first-order valence-electron chi connectivity index (χ1n) is 5.48. The van der Waals surface area contributed by atoms with Crippen molar-refractivity contribution in [2.75, 3.05) is 5.32 Å². The SMILES string of the molecule is Cc1nc2ncnc(NCc3cncnc3)c2[nH]1. The van der Waals surface area contributed by atoms with Crippen LogP contribution in [0.3, 0.4) is 0 Å². The number of aromatic amines is 1. The van der Waals surface area contributed by atoms with Gasteiger partial charge in [0.15, 0.2) is 11.5 Å². The molecule has 7 heteroatoms. The van der Waals surface area contributed by atoms with Crippen molar-refractivity contribution < 1.29 is 0 Å². The maximum atomic E-state index is 4.26. The van der Waals surface area contributed by atoms with Crippen LogP contribution in [0.15, 0.2) is 25.0 Å². The smallest absolute Gasteiger partial charge is 0.183 e. The van der Waals surface area contributed by atoms with Crippen molar-refractivity contribution in [1.82, 2.24) is 29.9 Å². The molecule has 0 aliphatic heterocycles. The summed E-state index contributed by atoms with van der Waals surface area (Å²) in [4.78, 5) is 23.6. The molecule has 18 heavy (non-hydrogen) atoms. The number of hydrogen-bond donors (Lipinski definition) is 2. The van der Waals surface area contributed by atoms with Gasteiger partial charge in [-0.1, -0.05) is 0 Å². The van der Waals surface area contributed by atoms with Gasteiger partial charge >= 0.3 is 0 Å². The van der Waals surface area contributed by atoms with Crippen LogP contribution in [-0.2, 0) is 6.54 Å². The van der Waals surface area contributed by atoms with Crippen molar-refractivity contribution in [3.8, 4) is 0 Å². The summed E-state index contributed by atoms with van der Waals surface area (Å²) in [6, 6.07) is 0. The van der Waals surface area contributed by atoms with Crippen LogP contribution < -0.4 is 5.32 Å². The van der Waals surface area contributed by atoms with Gasteiger partial charge in [0.2, 0.25) is 0 Å². The van der Waals surface area contributed by atoms with E-state index in [2.05, 4.69) is 35.2 Å². The highest BCUT2D eigenvalue weighted by Gasteiger charge is 2.07. The van der Waals surface area contributed by atoms with Crippen molar-refractivity contribution in [3.05, 3.63) is 36.4 Å². The van der Waals surface area contributed by atoms with Gasteiger partial charge in [-0.3, -0.25) is 0 Å². The molecule has 7 nitrogen and oxygen atoms in total. The molecule has 0 amide bonds. The first-order valence-corrected chi connectivity index (χ1v) is 5.48. The molecule has 0 aliphatic rings. The summed E-state index contributed by atoms with van der Waals surface area (Å²) in [7, 11) is 0. The zero-order valence-electron chi connectivity index (χ0n) is 9.75. The predicted octanol–water partition coefficient (Wildman–Crippen LogP) is 1.06. The average molecular weight is 241 g/mol. The molecule has 90 valence electrons. The fourth-order valence-electron chi connectivity index (χ4n) is 1.68. The number of H-pyrrole nitrogens is 1. The van der Waals surface area contributed by atoms with Crippen LogP contribution in [0, 0.1) is 6.92 Å². The van der Waals surface area contributed by atoms with Crippen molar-refractivity contribution in [1.29, 1.82) is 0 Å². The first kappa shape index (κ1) is 10.6. The Balaban J connectivity index is 1.86. The Bertz CT molecular complexity index is 661. The number of aryl methyl sites for hydroxylation is 1. The summed E-state index contributed by atoms with van der Waals surface area (Å²) in [6.07, 6.45) is 6.52. The van der Waals surface area contributed by atoms with Crippen LogP contribution in [0.4, 0.5) is 5.82 Å². The van der Waals surface area contributed by atoms with Crippen molar-refractivity contribution >= 4 is 17.0 Å². The fraction of sp³-hybridized carbons (Fsp3) is 0.182. The Labute approximate surface area is 103 Å². The summed E-state index contributed by atoms with van der Waals surface area (Å²) in [6.45, 7) is 2.49. The molecule has 3 aromatic rings. The number of imidazole rings is 1. The van der Waals surface area contributed by atoms with Gasteiger partial charge in [-0.05, 0) is 6.92 Å². The Hall–Kier alpha value is -2.57. The molecular formula is C11H11N7. The van der Waals surface area contributed by atoms with Gasteiger partial charge in [-0.2, -0.15) is 0 Å². The fourth-order valence-corrected chi connectivity index (χ4v) is 1.68. The van der Waals surface area contributed by atoms with Crippen molar-refractivity contribution in [2.45, 2.75) is 13.5 Å². The Morgan fingerprint density at radius 1 is 1.17 bits per heavy atom. The highest BCUT2D eigenvalue weighted by atomic mass is 15.1. The van der Waals surface area contributed by atoms with E-state index in [1.807, 2.05) is 6.92 Å². The third-order valence-corrected chi connectivity index (χ3v) is 2.48. The lowest BCUT2D eigenvalue weighted by Gasteiger charge is -2.04. The Kier molecular flexibility index (Phi) is 2.56. The topological polar surface area (TPSA) is 92.3 Å². The molecule has 3 heterocycles. The zero-order valence-corrected chi connectivity index (χ0v) is 9.75. The molecule has 0 atom stereocenters. The molecule has 0 saturated heterocycles. The van der Waals surface area contributed by atoms with Crippen LogP contribution >= 0.6 is 0 Å². The van der Waals surface area contributed by atoms with Gasteiger partial charge in [-0.15, -0.1) is 0 Å². The molecule has 0 spiro atoms. The molecule has 0 aliphatic carbocycles. The van der Waals surface area contributed by atoms with Gasteiger partial charge in [0.25, 0.3) is 0 Å². The second-order valence-electron chi connectivity index (χ2n) is 3.84. The van der Waals surface area contributed by atoms with E-state index in [1.165, 1.54) is 12.7 Å². The Morgan fingerprint density at radius 3 is 2.83 bits per heavy atom. The quantitative estimate of drug-likeness (QED) is 0.712. The largest absolute Gasteiger partial charge is 0.364 e. The van der Waals surface area contributed by atoms with E-state index < -0.39 is 0 Å². The third kappa shape index (κ3) is 1.97. The molecule has 0 unspecified atom stereocenters. The number of fused-ring (bicyclic) bond motifs is 1. The summed E-state index contributed by atoms with van der Waals surface area (Å²) in [5.41, 5.74) is 2.46. The number of rotatable bonds is 3. The summed E-state index contributed by atoms with van der Waals surface area (Å²) < 4.78 is 0. The third-order valence-electron chi connectivity index (χ3n) is 2.48. The maximum absolute atomic E-state index is 4.26. The minimum Gasteiger partial charge on any atom is -0.364 e. The van der Waals surface area contributed by atoms with Crippen LogP contribution in [0.1, 0.15) is 11.4 Å². The van der Waals surface area contributed by atoms with Gasteiger partial charge in [-0.25, -0.2) is 24.9 Å². The highest BCUT2D eigenvalue weighted by Crippen LogP contribution is 2.16. The van der Waals surface area contributed by atoms with Gasteiger partial charge in [0, 0.05) is 24.5 Å².